The van der Waals surface area contributed by atoms with Crippen LogP contribution in [0.5, 0.6) is 11.5 Å². The Kier molecular flexibility index (Phi) is 11.6. The number of rotatable bonds is 14. The molecule has 5 rings (SSSR count). The first-order valence-electron chi connectivity index (χ1n) is 15.3. The van der Waals surface area contributed by atoms with Crippen LogP contribution in [-0.4, -0.2) is 56.2 Å². The van der Waals surface area contributed by atoms with Crippen molar-refractivity contribution in [2.24, 2.45) is 4.99 Å². The van der Waals surface area contributed by atoms with Crippen LogP contribution < -0.4 is 14.8 Å². The smallest absolute Gasteiger partial charge is 0.494 e. The van der Waals surface area contributed by atoms with Gasteiger partial charge in [0.25, 0.3) is 5.91 Å². The summed E-state index contributed by atoms with van der Waals surface area (Å²) < 4.78 is 81.0. The van der Waals surface area contributed by atoms with Crippen LogP contribution in [0.3, 0.4) is 0 Å². The van der Waals surface area contributed by atoms with Gasteiger partial charge in [0.2, 0.25) is 5.90 Å². The lowest BCUT2D eigenvalue weighted by atomic mass is 9.85. The number of carbonyl (C=O) groups excluding carboxylic acids is 1. The van der Waals surface area contributed by atoms with Crippen molar-refractivity contribution in [1.82, 2.24) is 5.32 Å². The molecule has 0 unspecified atom stereocenters. The molecule has 50 heavy (non-hydrogen) atoms. The average molecular weight is 752 g/mol. The highest BCUT2D eigenvalue weighted by molar-refractivity contribution is 7.91. The van der Waals surface area contributed by atoms with E-state index in [-0.39, 0.29) is 35.4 Å². The fourth-order valence-electron chi connectivity index (χ4n) is 5.24. The summed E-state index contributed by atoms with van der Waals surface area (Å²) in [6.45, 7) is 0.116. The van der Waals surface area contributed by atoms with E-state index in [1.54, 1.807) is 54.6 Å². The highest BCUT2D eigenvalue weighted by Gasteiger charge is 2.54. The van der Waals surface area contributed by atoms with Gasteiger partial charge >= 0.3 is 6.36 Å². The molecule has 1 heterocycles. The van der Waals surface area contributed by atoms with E-state index in [2.05, 4.69) is 10.1 Å². The average Bonchev–Trinajstić information content (AvgIpc) is 3.48. The molecule has 0 bridgehead atoms. The molecule has 4 aromatic rings. The van der Waals surface area contributed by atoms with E-state index in [9.17, 15) is 26.4 Å². The third kappa shape index (κ3) is 9.08. The Bertz CT molecular complexity index is 1930. The van der Waals surface area contributed by atoms with Gasteiger partial charge in [-0.15, -0.1) is 13.2 Å². The Morgan fingerprint density at radius 2 is 1.64 bits per heavy atom. The van der Waals surface area contributed by atoms with E-state index in [0.717, 1.165) is 12.1 Å². The summed E-state index contributed by atoms with van der Waals surface area (Å²) in [6.07, 6.45) is -6.00. The Hall–Kier alpha value is -4.30. The Morgan fingerprint density at radius 3 is 2.28 bits per heavy atom. The number of sulfone groups is 1. The van der Waals surface area contributed by atoms with Gasteiger partial charge in [0.1, 0.15) is 11.5 Å². The van der Waals surface area contributed by atoms with E-state index in [0.29, 0.717) is 40.5 Å². The minimum Gasteiger partial charge on any atom is -0.494 e. The molecule has 15 heteroatoms. The van der Waals surface area contributed by atoms with E-state index in [1.165, 1.54) is 30.3 Å². The highest BCUT2D eigenvalue weighted by Crippen LogP contribution is 2.45. The van der Waals surface area contributed by atoms with E-state index < -0.39 is 45.3 Å². The van der Waals surface area contributed by atoms with Crippen molar-refractivity contribution in [3.63, 3.8) is 0 Å². The summed E-state index contributed by atoms with van der Waals surface area (Å²) in [5.41, 5.74) is -0.694. The van der Waals surface area contributed by atoms with E-state index in [1.807, 2.05) is 0 Å². The second-order valence-electron chi connectivity index (χ2n) is 11.2. The number of aliphatic hydroxyl groups is 1. The van der Waals surface area contributed by atoms with Gasteiger partial charge in [-0.1, -0.05) is 59.6 Å². The first-order valence-corrected chi connectivity index (χ1v) is 17.7. The predicted octanol–water partition coefficient (Wildman–Crippen LogP) is 7.09. The quantitative estimate of drug-likeness (QED) is 0.132. The molecule has 9 nitrogen and oxygen atoms in total. The monoisotopic (exact) mass is 750 g/mol. The van der Waals surface area contributed by atoms with Crippen molar-refractivity contribution < 1.29 is 45.7 Å². The zero-order chi connectivity index (χ0) is 35.9. The van der Waals surface area contributed by atoms with Crippen LogP contribution in [-0.2, 0) is 25.9 Å². The maximum atomic E-state index is 14.4. The summed E-state index contributed by atoms with van der Waals surface area (Å²) in [6, 6.07) is 23.9. The SMILES string of the molecule is O=C(NCc1ccc(OC(F)(F)F)cc1)[C@]1(CCS(=O)(=O)c2ccccc2)N=C(c2ccc(OCCCO)cc2)O[C@@H]1c1ccc(Cl)cc1Cl. The van der Waals surface area contributed by atoms with Crippen molar-refractivity contribution in [2.75, 3.05) is 19.0 Å². The summed E-state index contributed by atoms with van der Waals surface area (Å²) >= 11 is 12.8. The number of nitrogens with zero attached hydrogens (tertiary/aromatic N) is 1. The maximum Gasteiger partial charge on any atom is 0.573 e. The number of nitrogens with one attached hydrogen (secondary N) is 1. The molecule has 4 aromatic carbocycles. The first kappa shape index (κ1) is 37.0. The molecule has 0 spiro atoms. The molecular weight excluding hydrogens is 720 g/mol. The van der Waals surface area contributed by atoms with Gasteiger partial charge in [0.15, 0.2) is 21.5 Å². The Morgan fingerprint density at radius 1 is 0.960 bits per heavy atom. The maximum absolute atomic E-state index is 14.4. The van der Waals surface area contributed by atoms with E-state index >= 15 is 0 Å². The van der Waals surface area contributed by atoms with Crippen LogP contribution in [0.25, 0.3) is 0 Å². The van der Waals surface area contributed by atoms with Crippen LogP contribution >= 0.6 is 23.2 Å². The van der Waals surface area contributed by atoms with Crippen molar-refractivity contribution >= 4 is 44.8 Å². The molecule has 2 N–H and O–H groups in total. The van der Waals surface area contributed by atoms with Crippen molar-refractivity contribution in [1.29, 1.82) is 0 Å². The van der Waals surface area contributed by atoms with Gasteiger partial charge in [-0.25, -0.2) is 13.4 Å². The third-order valence-electron chi connectivity index (χ3n) is 7.74. The lowest BCUT2D eigenvalue weighted by Gasteiger charge is -2.31. The lowest BCUT2D eigenvalue weighted by Crippen LogP contribution is -2.49. The predicted molar refractivity (Wildman–Crippen MR) is 181 cm³/mol. The topological polar surface area (TPSA) is 124 Å². The molecule has 0 saturated heterocycles. The second kappa shape index (κ2) is 15.7. The number of ether oxygens (including phenoxy) is 3. The van der Waals surface area contributed by atoms with Gasteiger partial charge < -0.3 is 24.6 Å². The number of aliphatic imine (C=N–C) groups is 1. The molecule has 2 atom stereocenters. The number of aliphatic hydroxyl groups excluding tert-OH is 1. The minimum atomic E-state index is -4.87. The molecule has 0 saturated carbocycles. The number of alkyl halides is 3. The minimum absolute atomic E-state index is 0.0285. The van der Waals surface area contributed by atoms with Crippen LogP contribution in [0.1, 0.15) is 35.6 Å². The fourth-order valence-corrected chi connectivity index (χ4v) is 7.14. The van der Waals surface area contributed by atoms with Gasteiger partial charge in [-0.2, -0.15) is 0 Å². The number of amides is 1. The van der Waals surface area contributed by atoms with Gasteiger partial charge in [0.05, 0.1) is 17.3 Å². The number of halogens is 5. The molecule has 1 aliphatic heterocycles. The molecule has 0 aliphatic carbocycles. The Labute approximate surface area is 296 Å². The fraction of sp³-hybridized carbons (Fsp3) is 0.257. The summed E-state index contributed by atoms with van der Waals surface area (Å²) in [5, 5.41) is 12.3. The number of benzene rings is 4. The Balaban J connectivity index is 1.53. The highest BCUT2D eigenvalue weighted by atomic mass is 35.5. The van der Waals surface area contributed by atoms with Gasteiger partial charge in [0, 0.05) is 47.2 Å². The molecule has 0 radical (unpaired) electrons. The normalized spacial score (nSPS) is 17.5. The van der Waals surface area contributed by atoms with Crippen LogP contribution in [0, 0.1) is 0 Å². The number of hydrogen-bond donors (Lipinski definition) is 2. The lowest BCUT2D eigenvalue weighted by molar-refractivity contribution is -0.274. The van der Waals surface area contributed by atoms with Gasteiger partial charge in [-0.3, -0.25) is 4.79 Å². The van der Waals surface area contributed by atoms with Crippen molar-refractivity contribution in [3.8, 4) is 11.5 Å². The molecule has 264 valence electrons. The molecule has 0 fully saturated rings. The number of hydrogen-bond acceptors (Lipinski definition) is 8. The molecular formula is C35H31Cl2F3N2O7S. The van der Waals surface area contributed by atoms with Crippen LogP contribution in [0.4, 0.5) is 13.2 Å². The van der Waals surface area contributed by atoms with E-state index in [4.69, 9.17) is 42.8 Å². The standard InChI is InChI=1S/C35H31Cl2F3N2O7S/c36-25-11-16-29(30(37)21-25)31-34(17-20-50(45,46)28-5-2-1-3-6-28,33(44)41-22-23-7-12-27(13-8-23)49-35(38,39)40)42-32(48-31)24-9-14-26(15-10-24)47-19-4-18-43/h1-3,5-16,21,31,43H,4,17-20,22H2,(H,41,44)/t31-,34-/m1/s1. The second-order valence-corrected chi connectivity index (χ2v) is 14.2. The zero-order valence-electron chi connectivity index (χ0n) is 26.2. The zero-order valence-corrected chi connectivity index (χ0v) is 28.5. The first-order chi connectivity index (χ1) is 23.8. The summed E-state index contributed by atoms with van der Waals surface area (Å²) in [7, 11) is -3.93. The van der Waals surface area contributed by atoms with Crippen LogP contribution in [0.2, 0.25) is 10.0 Å². The third-order valence-corrected chi connectivity index (χ3v) is 10.0. The largest absolute Gasteiger partial charge is 0.573 e. The molecule has 1 amide bonds. The van der Waals surface area contributed by atoms with Gasteiger partial charge in [-0.05, 0) is 66.2 Å². The molecule has 1 aliphatic rings. The summed E-state index contributed by atoms with van der Waals surface area (Å²) in [4.78, 5) is 19.3. The van der Waals surface area contributed by atoms with Crippen molar-refractivity contribution in [2.45, 2.75) is 42.3 Å². The van der Waals surface area contributed by atoms with Crippen LogP contribution in [0.15, 0.2) is 107 Å². The number of carbonyl (C=O) groups is 1. The van der Waals surface area contributed by atoms with Crippen molar-refractivity contribution in [3.05, 3.63) is 124 Å². The molecule has 0 aromatic heterocycles. The summed E-state index contributed by atoms with van der Waals surface area (Å²) in [5.74, 6) is -1.11.